The van der Waals surface area contributed by atoms with Crippen molar-refractivity contribution in [1.82, 2.24) is 35.2 Å². The SMILES string of the molecule is CCc1nc2c(cnn2CC)c(NC2CCOCC2)c1CNC(=O)NCc1ccc(C)c(-c2cccc(CN3CCN(CC)CC3)c2)c1. The summed E-state index contributed by atoms with van der Waals surface area (Å²) in [5.41, 5.74) is 9.95. The molecule has 0 unspecified atom stereocenters. The minimum Gasteiger partial charge on any atom is -0.381 e. The van der Waals surface area contributed by atoms with E-state index >= 15 is 0 Å². The van der Waals surface area contributed by atoms with Crippen LogP contribution in [0.2, 0.25) is 0 Å². The Labute approximate surface area is 285 Å². The maximum Gasteiger partial charge on any atom is 0.315 e. The van der Waals surface area contributed by atoms with Crippen LogP contribution in [0.15, 0.2) is 48.7 Å². The first-order valence-corrected chi connectivity index (χ1v) is 17.8. The lowest BCUT2D eigenvalue weighted by molar-refractivity contribution is 0.0904. The van der Waals surface area contributed by atoms with Crippen molar-refractivity contribution in [2.45, 2.75) is 79.2 Å². The molecule has 2 aliphatic heterocycles. The summed E-state index contributed by atoms with van der Waals surface area (Å²) in [7, 11) is 0. The first-order chi connectivity index (χ1) is 23.4. The lowest BCUT2D eigenvalue weighted by Gasteiger charge is -2.34. The smallest absolute Gasteiger partial charge is 0.315 e. The number of hydrogen-bond acceptors (Lipinski definition) is 7. The number of nitrogens with one attached hydrogen (secondary N) is 3. The number of aromatic nitrogens is 3. The monoisotopic (exact) mass is 652 g/mol. The van der Waals surface area contributed by atoms with Crippen molar-refractivity contribution in [2.75, 3.05) is 51.3 Å². The zero-order chi connectivity index (χ0) is 33.5. The molecular formula is C38H52N8O2. The number of carbonyl (C=O) groups is 1. The Morgan fingerprint density at radius 2 is 1.69 bits per heavy atom. The molecule has 2 amide bonds. The molecule has 0 aliphatic carbocycles. The molecular weight excluding hydrogens is 600 g/mol. The maximum atomic E-state index is 13.2. The van der Waals surface area contributed by atoms with Gasteiger partial charge in [0, 0.05) is 82.9 Å². The first kappa shape index (κ1) is 33.9. The molecule has 0 saturated carbocycles. The number of amides is 2. The van der Waals surface area contributed by atoms with Crippen LogP contribution in [0, 0.1) is 6.92 Å². The van der Waals surface area contributed by atoms with Crippen LogP contribution in [0.4, 0.5) is 10.5 Å². The summed E-state index contributed by atoms with van der Waals surface area (Å²) in [6, 6.07) is 15.5. The largest absolute Gasteiger partial charge is 0.381 e. The molecule has 4 aromatic rings. The van der Waals surface area contributed by atoms with Crippen molar-refractivity contribution in [3.8, 4) is 11.1 Å². The predicted octanol–water partition coefficient (Wildman–Crippen LogP) is 5.72. The van der Waals surface area contributed by atoms with Crippen LogP contribution in [-0.2, 0) is 37.3 Å². The van der Waals surface area contributed by atoms with Gasteiger partial charge in [0.05, 0.1) is 17.3 Å². The van der Waals surface area contributed by atoms with Gasteiger partial charge in [-0.25, -0.2) is 14.5 Å². The molecule has 2 fully saturated rings. The van der Waals surface area contributed by atoms with E-state index in [4.69, 9.17) is 9.72 Å². The highest BCUT2D eigenvalue weighted by Gasteiger charge is 2.22. The third-order valence-corrected chi connectivity index (χ3v) is 9.91. The average molecular weight is 653 g/mol. The summed E-state index contributed by atoms with van der Waals surface area (Å²) in [4.78, 5) is 23.3. The number of benzene rings is 2. The predicted molar refractivity (Wildman–Crippen MR) is 193 cm³/mol. The van der Waals surface area contributed by atoms with Crippen LogP contribution in [0.25, 0.3) is 22.2 Å². The quantitative estimate of drug-likeness (QED) is 0.180. The van der Waals surface area contributed by atoms with Crippen molar-refractivity contribution in [3.05, 3.63) is 76.6 Å². The van der Waals surface area contributed by atoms with Gasteiger partial charge in [-0.15, -0.1) is 0 Å². The molecule has 0 bridgehead atoms. The third kappa shape index (κ3) is 7.99. The van der Waals surface area contributed by atoms with Crippen molar-refractivity contribution >= 4 is 22.8 Å². The van der Waals surface area contributed by atoms with Crippen LogP contribution in [-0.4, -0.2) is 82.6 Å². The lowest BCUT2D eigenvalue weighted by atomic mass is 9.96. The van der Waals surface area contributed by atoms with Crippen LogP contribution in [0.1, 0.15) is 61.6 Å². The number of aryl methyl sites for hydroxylation is 3. The molecule has 6 rings (SSSR count). The fraction of sp³-hybridized carbons (Fsp3) is 0.500. The van der Waals surface area contributed by atoms with Crippen molar-refractivity contribution in [3.63, 3.8) is 0 Å². The van der Waals surface area contributed by atoms with E-state index in [-0.39, 0.29) is 6.03 Å². The van der Waals surface area contributed by atoms with Gasteiger partial charge in [-0.1, -0.05) is 44.2 Å². The number of carbonyl (C=O) groups excluding carboxylic acids is 1. The number of likely N-dealkylation sites (N-methyl/N-ethyl adjacent to an activating group) is 1. The summed E-state index contributed by atoms with van der Waals surface area (Å²) in [5.74, 6) is 0. The number of nitrogens with zero attached hydrogens (tertiary/aromatic N) is 5. The van der Waals surface area contributed by atoms with E-state index in [9.17, 15) is 4.79 Å². The molecule has 2 saturated heterocycles. The summed E-state index contributed by atoms with van der Waals surface area (Å²) in [6.07, 6.45) is 4.54. The van der Waals surface area contributed by atoms with Gasteiger partial charge in [0.2, 0.25) is 0 Å². The van der Waals surface area contributed by atoms with Gasteiger partial charge in [-0.2, -0.15) is 5.10 Å². The fourth-order valence-electron chi connectivity index (χ4n) is 6.96. The Hall–Kier alpha value is -3.99. The van der Waals surface area contributed by atoms with E-state index in [0.717, 1.165) is 112 Å². The molecule has 0 atom stereocenters. The zero-order valence-electron chi connectivity index (χ0n) is 29.1. The number of urea groups is 1. The van der Waals surface area contributed by atoms with Gasteiger partial charge < -0.3 is 25.6 Å². The van der Waals surface area contributed by atoms with Gasteiger partial charge in [-0.3, -0.25) is 4.90 Å². The minimum atomic E-state index is -0.203. The van der Waals surface area contributed by atoms with E-state index in [2.05, 4.69) is 101 Å². The van der Waals surface area contributed by atoms with Crippen LogP contribution < -0.4 is 16.0 Å². The molecule has 2 aliphatic rings. The van der Waals surface area contributed by atoms with E-state index < -0.39 is 0 Å². The highest BCUT2D eigenvalue weighted by molar-refractivity contribution is 5.92. The van der Waals surface area contributed by atoms with Crippen LogP contribution in [0.5, 0.6) is 0 Å². The normalized spacial score (nSPS) is 16.3. The number of hydrogen-bond donors (Lipinski definition) is 3. The molecule has 10 heteroatoms. The van der Waals surface area contributed by atoms with E-state index in [1.54, 1.807) is 0 Å². The standard InChI is InChI=1S/C38H52N8O2/c1-5-35-33(36(42-31-13-19-48-20-14-31)34-25-41-46(7-3)37(34)43-35)24-40-38(47)39-23-28-12-11-27(4)32(22-28)30-10-8-9-29(21-30)26-45-17-15-44(6-2)16-18-45/h8-12,21-22,25,31H,5-7,13-20,23-24,26H2,1-4H3,(H,42,43)(H2,39,40,47). The fourth-order valence-corrected chi connectivity index (χ4v) is 6.96. The molecule has 0 spiro atoms. The van der Waals surface area contributed by atoms with Gasteiger partial charge in [0.1, 0.15) is 0 Å². The average Bonchev–Trinajstić information content (AvgIpc) is 3.54. The summed E-state index contributed by atoms with van der Waals surface area (Å²) >= 11 is 0. The first-order valence-electron chi connectivity index (χ1n) is 17.8. The highest BCUT2D eigenvalue weighted by Crippen LogP contribution is 2.31. The number of piperazine rings is 1. The van der Waals surface area contributed by atoms with Crippen molar-refractivity contribution in [2.24, 2.45) is 0 Å². The molecule has 2 aromatic carbocycles. The zero-order valence-corrected chi connectivity index (χ0v) is 29.1. The summed E-state index contributed by atoms with van der Waals surface area (Å²) in [5, 5.41) is 15.6. The number of pyridine rings is 1. The van der Waals surface area contributed by atoms with Crippen LogP contribution >= 0.6 is 0 Å². The van der Waals surface area contributed by atoms with Crippen LogP contribution in [0.3, 0.4) is 0 Å². The third-order valence-electron chi connectivity index (χ3n) is 9.91. The Morgan fingerprint density at radius 1 is 0.917 bits per heavy atom. The molecule has 48 heavy (non-hydrogen) atoms. The van der Waals surface area contributed by atoms with E-state index in [0.29, 0.717) is 19.1 Å². The summed E-state index contributed by atoms with van der Waals surface area (Å²) in [6.45, 7) is 18.3. The number of rotatable bonds is 12. The topological polar surface area (TPSA) is 99.6 Å². The Balaban J connectivity index is 1.12. The maximum absolute atomic E-state index is 13.2. The second kappa shape index (κ2) is 15.9. The van der Waals surface area contributed by atoms with Gasteiger partial charge in [0.15, 0.2) is 5.65 Å². The Kier molecular flexibility index (Phi) is 11.3. The van der Waals surface area contributed by atoms with Gasteiger partial charge >= 0.3 is 6.03 Å². The lowest BCUT2D eigenvalue weighted by Crippen LogP contribution is -2.45. The molecule has 4 heterocycles. The molecule has 2 aromatic heterocycles. The molecule has 3 N–H and O–H groups in total. The van der Waals surface area contributed by atoms with Gasteiger partial charge in [0.25, 0.3) is 0 Å². The number of ether oxygens (including phenoxy) is 1. The highest BCUT2D eigenvalue weighted by atomic mass is 16.5. The van der Waals surface area contributed by atoms with E-state index in [1.807, 2.05) is 10.9 Å². The second-order valence-electron chi connectivity index (χ2n) is 13.1. The molecule has 10 nitrogen and oxygen atoms in total. The minimum absolute atomic E-state index is 0.203. The Morgan fingerprint density at radius 3 is 2.44 bits per heavy atom. The Bertz CT molecular complexity index is 1690. The van der Waals surface area contributed by atoms with Gasteiger partial charge in [-0.05, 0) is 79.6 Å². The van der Waals surface area contributed by atoms with Crippen molar-refractivity contribution < 1.29 is 9.53 Å². The number of fused-ring (bicyclic) bond motifs is 1. The second-order valence-corrected chi connectivity index (χ2v) is 13.1. The molecule has 256 valence electrons. The van der Waals surface area contributed by atoms with E-state index in [1.165, 1.54) is 22.3 Å². The van der Waals surface area contributed by atoms with Crippen molar-refractivity contribution in [1.29, 1.82) is 0 Å². The number of anilines is 1. The molecule has 0 radical (unpaired) electrons. The summed E-state index contributed by atoms with van der Waals surface area (Å²) < 4.78 is 7.54.